The number of fused-ring (bicyclic) bond motifs is 1. The van der Waals surface area contributed by atoms with Crippen molar-refractivity contribution in [3.63, 3.8) is 0 Å². The highest BCUT2D eigenvalue weighted by Gasteiger charge is 2.36. The molecule has 0 spiro atoms. The first-order valence-electron chi connectivity index (χ1n) is 7.34. The average molecular weight is 236 g/mol. The highest BCUT2D eigenvalue weighted by molar-refractivity contribution is 5.77. The zero-order chi connectivity index (χ0) is 11.7. The highest BCUT2D eigenvalue weighted by atomic mass is 16.2. The van der Waals surface area contributed by atoms with Crippen LogP contribution in [0.1, 0.15) is 44.9 Å². The maximum Gasteiger partial charge on any atom is 0.222 e. The quantitative estimate of drug-likeness (QED) is 0.792. The van der Waals surface area contributed by atoms with Gasteiger partial charge in [0, 0.05) is 25.6 Å². The van der Waals surface area contributed by atoms with Crippen LogP contribution >= 0.6 is 0 Å². The van der Waals surface area contributed by atoms with Crippen LogP contribution in [0.2, 0.25) is 0 Å². The number of hydrogen-bond acceptors (Lipinski definition) is 2. The average Bonchev–Trinajstić information content (AvgIpc) is 2.96. The summed E-state index contributed by atoms with van der Waals surface area (Å²) in [5.41, 5.74) is 0. The molecule has 2 saturated heterocycles. The van der Waals surface area contributed by atoms with Gasteiger partial charge in [-0.15, -0.1) is 0 Å². The predicted octanol–water partition coefficient (Wildman–Crippen LogP) is 1.78. The lowest BCUT2D eigenvalue weighted by Gasteiger charge is -2.24. The van der Waals surface area contributed by atoms with Gasteiger partial charge in [0.15, 0.2) is 0 Å². The van der Waals surface area contributed by atoms with Crippen molar-refractivity contribution in [3.05, 3.63) is 0 Å². The minimum atomic E-state index is 0.424. The van der Waals surface area contributed by atoms with E-state index in [9.17, 15) is 4.79 Å². The molecule has 1 N–H and O–H groups in total. The summed E-state index contributed by atoms with van der Waals surface area (Å²) in [5, 5.41) is 3.57. The van der Waals surface area contributed by atoms with Crippen LogP contribution < -0.4 is 5.32 Å². The van der Waals surface area contributed by atoms with E-state index in [4.69, 9.17) is 0 Å². The largest absolute Gasteiger partial charge is 0.341 e. The fourth-order valence-electron chi connectivity index (χ4n) is 3.84. The van der Waals surface area contributed by atoms with E-state index in [-0.39, 0.29) is 0 Å². The Morgan fingerprint density at radius 3 is 2.71 bits per heavy atom. The van der Waals surface area contributed by atoms with Crippen LogP contribution in [0.15, 0.2) is 0 Å². The molecule has 0 bridgehead atoms. The molecule has 96 valence electrons. The summed E-state index contributed by atoms with van der Waals surface area (Å²) in [6, 6.07) is 0.594. The van der Waals surface area contributed by atoms with Crippen LogP contribution in [0.4, 0.5) is 0 Å². The van der Waals surface area contributed by atoms with Crippen LogP contribution in [0.3, 0.4) is 0 Å². The fourth-order valence-corrected chi connectivity index (χ4v) is 3.84. The summed E-state index contributed by atoms with van der Waals surface area (Å²) in [6.07, 6.45) is 8.65. The van der Waals surface area contributed by atoms with Crippen LogP contribution in [0, 0.1) is 11.8 Å². The lowest BCUT2D eigenvalue weighted by molar-refractivity contribution is -0.131. The van der Waals surface area contributed by atoms with Crippen molar-refractivity contribution in [1.82, 2.24) is 10.2 Å². The van der Waals surface area contributed by atoms with E-state index < -0.39 is 0 Å². The van der Waals surface area contributed by atoms with E-state index in [1.807, 2.05) is 0 Å². The first kappa shape index (κ1) is 11.5. The molecular weight excluding hydrogens is 212 g/mol. The smallest absolute Gasteiger partial charge is 0.222 e. The van der Waals surface area contributed by atoms with Crippen molar-refractivity contribution in [2.24, 2.45) is 11.8 Å². The SMILES string of the molecule is O=C(CC1CCCC1)N1C[C@@H]2CCCN[C@@H]2C1. The second-order valence-corrected chi connectivity index (χ2v) is 6.12. The number of likely N-dealkylation sites (tertiary alicyclic amines) is 1. The van der Waals surface area contributed by atoms with Crippen molar-refractivity contribution >= 4 is 5.91 Å². The van der Waals surface area contributed by atoms with Gasteiger partial charge in [0.05, 0.1) is 0 Å². The van der Waals surface area contributed by atoms with E-state index in [2.05, 4.69) is 10.2 Å². The molecule has 0 unspecified atom stereocenters. The Morgan fingerprint density at radius 1 is 1.12 bits per heavy atom. The molecule has 17 heavy (non-hydrogen) atoms. The van der Waals surface area contributed by atoms with Crippen molar-refractivity contribution < 1.29 is 4.79 Å². The van der Waals surface area contributed by atoms with E-state index in [1.165, 1.54) is 38.5 Å². The number of nitrogens with one attached hydrogen (secondary N) is 1. The highest BCUT2D eigenvalue weighted by Crippen LogP contribution is 2.30. The normalized spacial score (nSPS) is 34.0. The number of amides is 1. The van der Waals surface area contributed by atoms with Crippen LogP contribution in [0.5, 0.6) is 0 Å². The minimum Gasteiger partial charge on any atom is -0.341 e. The number of carbonyl (C=O) groups excluding carboxylic acids is 1. The number of carbonyl (C=O) groups is 1. The van der Waals surface area contributed by atoms with Gasteiger partial charge in [0.25, 0.3) is 0 Å². The van der Waals surface area contributed by atoms with Gasteiger partial charge in [-0.25, -0.2) is 0 Å². The zero-order valence-electron chi connectivity index (χ0n) is 10.7. The number of nitrogens with zero attached hydrogens (tertiary/aromatic N) is 1. The molecule has 2 aliphatic heterocycles. The van der Waals surface area contributed by atoms with Crippen LogP contribution in [0.25, 0.3) is 0 Å². The topological polar surface area (TPSA) is 32.3 Å². The van der Waals surface area contributed by atoms with Gasteiger partial charge in [-0.05, 0) is 44.1 Å². The molecule has 2 heterocycles. The molecule has 3 heteroatoms. The fraction of sp³-hybridized carbons (Fsp3) is 0.929. The van der Waals surface area contributed by atoms with E-state index in [0.717, 1.165) is 32.0 Å². The number of piperidine rings is 1. The Hall–Kier alpha value is -0.570. The third-order valence-electron chi connectivity index (χ3n) is 4.89. The Morgan fingerprint density at radius 2 is 1.94 bits per heavy atom. The van der Waals surface area contributed by atoms with Crippen molar-refractivity contribution in [2.45, 2.75) is 51.0 Å². The van der Waals surface area contributed by atoms with Gasteiger partial charge >= 0.3 is 0 Å². The minimum absolute atomic E-state index is 0.424. The third kappa shape index (κ3) is 2.49. The molecule has 3 rings (SSSR count). The van der Waals surface area contributed by atoms with Gasteiger partial charge in [-0.1, -0.05) is 12.8 Å². The Kier molecular flexibility index (Phi) is 3.37. The van der Waals surface area contributed by atoms with Gasteiger partial charge in [0.2, 0.25) is 5.91 Å². The molecule has 1 aliphatic carbocycles. The summed E-state index contributed by atoms with van der Waals surface area (Å²) in [6.45, 7) is 3.13. The Balaban J connectivity index is 1.52. The van der Waals surface area contributed by atoms with Gasteiger partial charge < -0.3 is 10.2 Å². The Labute approximate surface area is 104 Å². The first-order chi connectivity index (χ1) is 8.33. The molecule has 0 radical (unpaired) electrons. The molecule has 1 saturated carbocycles. The van der Waals surface area contributed by atoms with Crippen molar-refractivity contribution in [2.75, 3.05) is 19.6 Å². The van der Waals surface area contributed by atoms with Gasteiger partial charge in [-0.2, -0.15) is 0 Å². The second kappa shape index (κ2) is 4.97. The summed E-state index contributed by atoms with van der Waals surface area (Å²) < 4.78 is 0. The summed E-state index contributed by atoms with van der Waals surface area (Å²) >= 11 is 0. The second-order valence-electron chi connectivity index (χ2n) is 6.12. The maximum atomic E-state index is 12.2. The monoisotopic (exact) mass is 236 g/mol. The van der Waals surface area contributed by atoms with Crippen LogP contribution in [-0.4, -0.2) is 36.5 Å². The standard InChI is InChI=1S/C14H24N2O/c17-14(8-11-4-1-2-5-11)16-9-12-6-3-7-15-13(12)10-16/h11-13,15H,1-10H2/t12-,13+/m0/s1. The van der Waals surface area contributed by atoms with E-state index >= 15 is 0 Å². The van der Waals surface area contributed by atoms with E-state index in [0.29, 0.717) is 17.9 Å². The molecule has 0 aromatic rings. The van der Waals surface area contributed by atoms with E-state index in [1.54, 1.807) is 0 Å². The molecule has 1 amide bonds. The molecule has 3 nitrogen and oxygen atoms in total. The maximum absolute atomic E-state index is 12.2. The summed E-state index contributed by atoms with van der Waals surface area (Å²) in [4.78, 5) is 14.4. The molecule has 3 aliphatic rings. The lowest BCUT2D eigenvalue weighted by Crippen LogP contribution is -2.41. The van der Waals surface area contributed by atoms with Gasteiger partial charge in [0.1, 0.15) is 0 Å². The summed E-state index contributed by atoms with van der Waals surface area (Å²) in [5.74, 6) is 1.85. The molecule has 2 atom stereocenters. The lowest BCUT2D eigenvalue weighted by atomic mass is 9.94. The molecule has 3 fully saturated rings. The van der Waals surface area contributed by atoms with Crippen LogP contribution in [-0.2, 0) is 4.79 Å². The van der Waals surface area contributed by atoms with Crippen molar-refractivity contribution in [1.29, 1.82) is 0 Å². The third-order valence-corrected chi connectivity index (χ3v) is 4.89. The number of hydrogen-bond donors (Lipinski definition) is 1. The van der Waals surface area contributed by atoms with Gasteiger partial charge in [-0.3, -0.25) is 4.79 Å². The number of rotatable bonds is 2. The zero-order valence-corrected chi connectivity index (χ0v) is 10.7. The predicted molar refractivity (Wildman–Crippen MR) is 67.7 cm³/mol. The molecule has 0 aromatic heterocycles. The Bertz CT molecular complexity index is 272. The van der Waals surface area contributed by atoms with Crippen molar-refractivity contribution in [3.8, 4) is 0 Å². The first-order valence-corrected chi connectivity index (χ1v) is 7.34. The molecular formula is C14H24N2O. The summed E-state index contributed by atoms with van der Waals surface area (Å²) in [7, 11) is 0. The molecule has 0 aromatic carbocycles.